The molecule has 0 spiro atoms. The van der Waals surface area contributed by atoms with Gasteiger partial charge in [0.2, 0.25) is 0 Å². The summed E-state index contributed by atoms with van der Waals surface area (Å²) in [4.78, 5) is 14.1. The van der Waals surface area contributed by atoms with Crippen LogP contribution in [-0.2, 0) is 9.53 Å². The highest BCUT2D eigenvalue weighted by Gasteiger charge is 2.12. The number of allylic oxidation sites excluding steroid dienone is 2. The lowest BCUT2D eigenvalue weighted by molar-refractivity contribution is -0.138. The maximum absolute atomic E-state index is 11.3. The summed E-state index contributed by atoms with van der Waals surface area (Å²) in [6.45, 7) is 9.67. The van der Waals surface area contributed by atoms with Crippen LogP contribution in [0.4, 0.5) is 0 Å². The molecule has 0 fully saturated rings. The fourth-order valence-corrected chi connectivity index (χ4v) is 0.746. The van der Waals surface area contributed by atoms with Crippen molar-refractivity contribution in [2.24, 2.45) is 0 Å². The summed E-state index contributed by atoms with van der Waals surface area (Å²) in [7, 11) is 0. The molecule has 0 saturated heterocycles. The van der Waals surface area contributed by atoms with Crippen LogP contribution in [0, 0.1) is 17.9 Å². The second kappa shape index (κ2) is 6.22. The van der Waals surface area contributed by atoms with E-state index in [1.54, 1.807) is 13.0 Å². The van der Waals surface area contributed by atoms with E-state index in [4.69, 9.17) is 11.8 Å². The van der Waals surface area contributed by atoms with Crippen molar-refractivity contribution in [2.45, 2.75) is 13.8 Å². The van der Waals surface area contributed by atoms with E-state index in [1.807, 2.05) is 0 Å². The Kier molecular flexibility index (Phi) is 5.28. The smallest absolute Gasteiger partial charge is 0.340 e. The number of rotatable bonds is 3. The molecule has 0 rings (SSSR count). The van der Waals surface area contributed by atoms with E-state index in [2.05, 4.69) is 9.58 Å². The molecule has 0 aliphatic carbocycles. The maximum Gasteiger partial charge on any atom is 0.340 e. The molecule has 0 saturated carbocycles. The van der Waals surface area contributed by atoms with Crippen molar-refractivity contribution in [1.29, 1.82) is 5.26 Å². The minimum Gasteiger partial charge on any atom is -0.512 e. The summed E-state index contributed by atoms with van der Waals surface area (Å²) >= 11 is 0. The Morgan fingerprint density at radius 1 is 1.73 bits per heavy atom. The van der Waals surface area contributed by atoms with Gasteiger partial charge in [-0.05, 0) is 19.9 Å². The van der Waals surface area contributed by atoms with Crippen molar-refractivity contribution >= 4 is 5.97 Å². The molecule has 0 unspecified atom stereocenters. The summed E-state index contributed by atoms with van der Waals surface area (Å²) in [5.74, 6) is -1.04. The summed E-state index contributed by atoms with van der Waals surface area (Å²) in [5.41, 5.74) is -0.462. The lowest BCUT2D eigenvalue weighted by atomic mass is 10.2. The largest absolute Gasteiger partial charge is 0.512 e. The highest BCUT2D eigenvalue weighted by Crippen LogP contribution is 2.09. The van der Waals surface area contributed by atoms with E-state index < -0.39 is 5.97 Å². The first-order chi connectivity index (χ1) is 7.06. The molecule has 0 bridgehead atoms. The molecule has 1 N–H and O–H groups in total. The van der Waals surface area contributed by atoms with Crippen molar-refractivity contribution in [3.05, 3.63) is 34.5 Å². The predicted molar refractivity (Wildman–Crippen MR) is 52.3 cm³/mol. The Bertz CT molecular complexity index is 374. The van der Waals surface area contributed by atoms with Crippen LogP contribution in [0.1, 0.15) is 13.8 Å². The number of esters is 1. The number of aliphatic hydroxyl groups is 1. The van der Waals surface area contributed by atoms with Gasteiger partial charge < -0.3 is 9.84 Å². The highest BCUT2D eigenvalue weighted by molar-refractivity contribution is 5.92. The summed E-state index contributed by atoms with van der Waals surface area (Å²) < 4.78 is 4.64. The first-order valence-corrected chi connectivity index (χ1v) is 4.13. The lowest BCUT2D eigenvalue weighted by Crippen LogP contribution is -2.08. The third kappa shape index (κ3) is 3.97. The van der Waals surface area contributed by atoms with Crippen molar-refractivity contribution in [1.82, 2.24) is 0 Å². The zero-order valence-electron chi connectivity index (χ0n) is 8.44. The average Bonchev–Trinajstić information content (AvgIpc) is 2.19. The molecular weight excluding hydrogens is 196 g/mol. The SMILES string of the molecule is [C-]#[N+]/C(C#N)=C\C(C(=O)OCC)=C(/C)O. The molecular formula is C10H10N2O3. The zero-order chi connectivity index (χ0) is 11.8. The van der Waals surface area contributed by atoms with E-state index >= 15 is 0 Å². The third-order valence-electron chi connectivity index (χ3n) is 1.40. The highest BCUT2D eigenvalue weighted by atomic mass is 16.5. The van der Waals surface area contributed by atoms with E-state index in [-0.39, 0.29) is 23.6 Å². The molecule has 0 aromatic carbocycles. The van der Waals surface area contributed by atoms with Gasteiger partial charge in [-0.25, -0.2) is 14.9 Å². The fraction of sp³-hybridized carbons (Fsp3) is 0.300. The number of hydrogen-bond acceptors (Lipinski definition) is 4. The van der Waals surface area contributed by atoms with E-state index in [0.29, 0.717) is 0 Å². The fourth-order valence-electron chi connectivity index (χ4n) is 0.746. The molecule has 0 amide bonds. The Labute approximate surface area is 87.7 Å². The van der Waals surface area contributed by atoms with Crippen LogP contribution in [0.15, 0.2) is 23.1 Å². The molecule has 15 heavy (non-hydrogen) atoms. The maximum atomic E-state index is 11.3. The normalized spacial score (nSPS) is 12.1. The summed E-state index contributed by atoms with van der Waals surface area (Å²) in [6.07, 6.45) is 1.00. The Morgan fingerprint density at radius 2 is 2.33 bits per heavy atom. The number of hydrogen-bond donors (Lipinski definition) is 1. The van der Waals surface area contributed by atoms with Gasteiger partial charge in [-0.15, -0.1) is 0 Å². The van der Waals surface area contributed by atoms with Crippen LogP contribution < -0.4 is 0 Å². The molecule has 0 aliphatic heterocycles. The molecule has 0 aliphatic rings. The molecule has 0 aromatic rings. The minimum atomic E-state index is -0.756. The summed E-state index contributed by atoms with van der Waals surface area (Å²) in [5, 5.41) is 17.7. The third-order valence-corrected chi connectivity index (χ3v) is 1.40. The molecule has 0 aromatic heterocycles. The van der Waals surface area contributed by atoms with Crippen molar-refractivity contribution in [2.75, 3.05) is 6.61 Å². The molecule has 0 radical (unpaired) electrons. The Balaban J connectivity index is 5.16. The predicted octanol–water partition coefficient (Wildman–Crippen LogP) is 1.71. The van der Waals surface area contributed by atoms with Crippen LogP contribution >= 0.6 is 0 Å². The second-order valence-electron chi connectivity index (χ2n) is 2.47. The van der Waals surface area contributed by atoms with Crippen molar-refractivity contribution in [3.63, 3.8) is 0 Å². The van der Waals surface area contributed by atoms with Gasteiger partial charge in [-0.2, -0.15) is 0 Å². The number of aliphatic hydroxyl groups excluding tert-OH is 1. The summed E-state index contributed by atoms with van der Waals surface area (Å²) in [6, 6.07) is 1.59. The van der Waals surface area contributed by atoms with Crippen LogP contribution in [0.5, 0.6) is 0 Å². The number of carbonyl (C=O) groups excluding carboxylic acids is 1. The van der Waals surface area contributed by atoms with Gasteiger partial charge in [0.1, 0.15) is 5.76 Å². The number of nitriles is 1. The van der Waals surface area contributed by atoms with Gasteiger partial charge in [0, 0.05) is 0 Å². The van der Waals surface area contributed by atoms with Crippen LogP contribution in [0.25, 0.3) is 4.85 Å². The topological polar surface area (TPSA) is 74.7 Å². The quantitative estimate of drug-likeness (QED) is 0.190. The van der Waals surface area contributed by atoms with Crippen LogP contribution in [0.2, 0.25) is 0 Å². The molecule has 0 atom stereocenters. The lowest BCUT2D eigenvalue weighted by Gasteiger charge is -2.03. The minimum absolute atomic E-state index is 0.156. The van der Waals surface area contributed by atoms with Gasteiger partial charge in [-0.3, -0.25) is 0 Å². The Morgan fingerprint density at radius 3 is 2.67 bits per heavy atom. The number of carbonyl (C=O) groups is 1. The Hall–Kier alpha value is -2.27. The van der Waals surface area contributed by atoms with Gasteiger partial charge in [-0.1, -0.05) is 0 Å². The molecule has 78 valence electrons. The first kappa shape index (κ1) is 12.7. The van der Waals surface area contributed by atoms with Gasteiger partial charge >= 0.3 is 5.97 Å². The first-order valence-electron chi connectivity index (χ1n) is 4.13. The van der Waals surface area contributed by atoms with Crippen LogP contribution in [-0.4, -0.2) is 17.7 Å². The van der Waals surface area contributed by atoms with E-state index in [0.717, 1.165) is 6.08 Å². The molecule has 0 heterocycles. The average molecular weight is 206 g/mol. The van der Waals surface area contributed by atoms with Gasteiger partial charge in [0.25, 0.3) is 5.70 Å². The standard InChI is InChI=1S/C10H10N2O3/c1-4-15-10(14)9(7(2)13)5-8(6-11)12-3/h5,13H,4H2,1-2H3/b8-5-,9-7-. The molecule has 5 heteroatoms. The van der Waals surface area contributed by atoms with Gasteiger partial charge in [0.05, 0.1) is 24.8 Å². The molecule has 5 nitrogen and oxygen atoms in total. The van der Waals surface area contributed by atoms with Gasteiger partial charge in [0.15, 0.2) is 0 Å². The van der Waals surface area contributed by atoms with E-state index in [1.165, 1.54) is 6.92 Å². The number of ether oxygens (including phenoxy) is 1. The second-order valence-corrected chi connectivity index (χ2v) is 2.47. The zero-order valence-corrected chi connectivity index (χ0v) is 8.44. The number of nitrogens with zero attached hydrogens (tertiary/aromatic N) is 2. The van der Waals surface area contributed by atoms with Crippen LogP contribution in [0.3, 0.4) is 0 Å². The van der Waals surface area contributed by atoms with E-state index in [9.17, 15) is 9.90 Å². The van der Waals surface area contributed by atoms with Crippen molar-refractivity contribution in [3.8, 4) is 6.07 Å². The monoisotopic (exact) mass is 206 g/mol. The van der Waals surface area contributed by atoms with Crippen molar-refractivity contribution < 1.29 is 14.6 Å².